The van der Waals surface area contributed by atoms with Crippen molar-refractivity contribution < 1.29 is 8.42 Å². The highest BCUT2D eigenvalue weighted by Gasteiger charge is 2.06. The second-order valence-electron chi connectivity index (χ2n) is 4.31. The minimum absolute atomic E-state index is 0.132. The summed E-state index contributed by atoms with van der Waals surface area (Å²) in [5.41, 5.74) is 0.947. The Morgan fingerprint density at radius 2 is 2.18 bits per heavy atom. The van der Waals surface area contributed by atoms with Gasteiger partial charge in [-0.25, -0.2) is 13.4 Å². The predicted molar refractivity (Wildman–Crippen MR) is 70.1 cm³/mol. The maximum atomic E-state index is 11.0. The van der Waals surface area contributed by atoms with Crippen LogP contribution in [-0.2, 0) is 16.4 Å². The highest BCUT2D eigenvalue weighted by molar-refractivity contribution is 7.90. The Morgan fingerprint density at radius 1 is 1.47 bits per heavy atom. The number of anilines is 1. The number of hydrogen-bond donors (Lipinski definition) is 1. The zero-order valence-corrected chi connectivity index (χ0v) is 11.5. The number of imidazole rings is 1. The van der Waals surface area contributed by atoms with E-state index in [4.69, 9.17) is 0 Å². The van der Waals surface area contributed by atoms with Crippen molar-refractivity contribution >= 4 is 15.8 Å². The third-order valence-electron chi connectivity index (χ3n) is 2.41. The molecule has 1 heterocycles. The van der Waals surface area contributed by atoms with Crippen LogP contribution in [0.1, 0.15) is 25.5 Å². The van der Waals surface area contributed by atoms with Crippen LogP contribution in [0.5, 0.6) is 0 Å². The summed E-state index contributed by atoms with van der Waals surface area (Å²) in [5, 5.41) is 3.07. The largest absolute Gasteiger partial charge is 0.355 e. The fourth-order valence-corrected chi connectivity index (χ4v) is 2.01. The van der Waals surface area contributed by atoms with Crippen molar-refractivity contribution in [3.05, 3.63) is 11.9 Å². The first-order valence-corrected chi connectivity index (χ1v) is 7.94. The zero-order valence-electron chi connectivity index (χ0n) is 10.7. The first-order chi connectivity index (χ1) is 7.92. The van der Waals surface area contributed by atoms with E-state index in [9.17, 15) is 8.42 Å². The minimum atomic E-state index is -2.92. The number of nitrogens with one attached hydrogen (secondary N) is 1. The third kappa shape index (κ3) is 5.21. The molecule has 0 fully saturated rings. The van der Waals surface area contributed by atoms with Crippen LogP contribution < -0.4 is 5.32 Å². The predicted octanol–water partition coefficient (Wildman–Crippen LogP) is 1.45. The Hall–Kier alpha value is -1.04. The van der Waals surface area contributed by atoms with E-state index in [1.807, 2.05) is 17.7 Å². The molecule has 0 amide bonds. The van der Waals surface area contributed by atoms with E-state index in [0.717, 1.165) is 31.0 Å². The first kappa shape index (κ1) is 14.0. The van der Waals surface area contributed by atoms with Crippen molar-refractivity contribution in [3.63, 3.8) is 0 Å². The van der Waals surface area contributed by atoms with E-state index in [0.29, 0.717) is 6.54 Å². The average molecular weight is 259 g/mol. The van der Waals surface area contributed by atoms with Crippen LogP contribution in [0.15, 0.2) is 6.20 Å². The van der Waals surface area contributed by atoms with E-state index in [2.05, 4.69) is 17.2 Å². The number of hydrogen-bond acceptors (Lipinski definition) is 4. The van der Waals surface area contributed by atoms with Gasteiger partial charge in [0.15, 0.2) is 0 Å². The van der Waals surface area contributed by atoms with Crippen LogP contribution >= 0.6 is 0 Å². The molecule has 0 aliphatic carbocycles. The number of aromatic nitrogens is 2. The Labute approximate surface area is 103 Å². The van der Waals surface area contributed by atoms with Crippen molar-refractivity contribution in [2.75, 3.05) is 23.9 Å². The molecule has 1 N–H and O–H groups in total. The lowest BCUT2D eigenvalue weighted by Crippen LogP contribution is -2.16. The molecule has 17 heavy (non-hydrogen) atoms. The van der Waals surface area contributed by atoms with Gasteiger partial charge in [-0.1, -0.05) is 13.3 Å². The van der Waals surface area contributed by atoms with Crippen molar-refractivity contribution in [1.82, 2.24) is 9.55 Å². The van der Waals surface area contributed by atoms with E-state index < -0.39 is 9.84 Å². The number of nitrogens with zero attached hydrogens (tertiary/aromatic N) is 2. The van der Waals surface area contributed by atoms with Crippen molar-refractivity contribution in [3.8, 4) is 0 Å². The maximum absolute atomic E-state index is 11.0. The minimum Gasteiger partial charge on any atom is -0.355 e. The Bertz CT molecular complexity index is 451. The quantitative estimate of drug-likeness (QED) is 0.805. The Balaban J connectivity index is 2.57. The van der Waals surface area contributed by atoms with Gasteiger partial charge < -0.3 is 9.88 Å². The molecule has 5 nitrogen and oxygen atoms in total. The van der Waals surface area contributed by atoms with E-state index in [1.165, 1.54) is 6.26 Å². The van der Waals surface area contributed by atoms with Gasteiger partial charge in [0, 0.05) is 25.5 Å². The lowest BCUT2D eigenvalue weighted by molar-refractivity contribution is 0.601. The van der Waals surface area contributed by atoms with Crippen LogP contribution in [0.25, 0.3) is 0 Å². The molecule has 0 atom stereocenters. The molecule has 1 rings (SSSR count). The SMILES string of the molecule is CCCCn1cc(C)nc1NCCS(C)(=O)=O. The van der Waals surface area contributed by atoms with E-state index in [-0.39, 0.29) is 5.75 Å². The van der Waals surface area contributed by atoms with Gasteiger partial charge in [-0.15, -0.1) is 0 Å². The second kappa shape index (κ2) is 6.05. The summed E-state index contributed by atoms with van der Waals surface area (Å²) < 4.78 is 24.1. The molecule has 0 radical (unpaired) electrons. The molecule has 98 valence electrons. The molecule has 0 unspecified atom stereocenters. The van der Waals surface area contributed by atoms with Gasteiger partial charge in [0.1, 0.15) is 9.84 Å². The lowest BCUT2D eigenvalue weighted by atomic mass is 10.3. The van der Waals surface area contributed by atoms with Gasteiger partial charge in [0.2, 0.25) is 5.95 Å². The monoisotopic (exact) mass is 259 g/mol. The van der Waals surface area contributed by atoms with Gasteiger partial charge in [0.05, 0.1) is 11.4 Å². The molecule has 1 aromatic heterocycles. The van der Waals surface area contributed by atoms with Gasteiger partial charge in [-0.05, 0) is 13.3 Å². The fourth-order valence-electron chi connectivity index (χ4n) is 1.54. The maximum Gasteiger partial charge on any atom is 0.203 e. The number of rotatable bonds is 7. The second-order valence-corrected chi connectivity index (χ2v) is 6.57. The molecule has 6 heteroatoms. The summed E-state index contributed by atoms with van der Waals surface area (Å²) >= 11 is 0. The fraction of sp³-hybridized carbons (Fsp3) is 0.727. The van der Waals surface area contributed by atoms with Crippen LogP contribution in [0.2, 0.25) is 0 Å². The summed E-state index contributed by atoms with van der Waals surface area (Å²) in [6.45, 7) is 5.39. The normalized spacial score (nSPS) is 11.7. The van der Waals surface area contributed by atoms with Gasteiger partial charge >= 0.3 is 0 Å². The average Bonchev–Trinajstić information content (AvgIpc) is 2.54. The molecule has 0 aromatic carbocycles. The summed E-state index contributed by atoms with van der Waals surface area (Å²) in [4.78, 5) is 4.34. The number of aryl methyl sites for hydroxylation is 2. The van der Waals surface area contributed by atoms with E-state index in [1.54, 1.807) is 0 Å². The van der Waals surface area contributed by atoms with Crippen molar-refractivity contribution in [2.24, 2.45) is 0 Å². The summed E-state index contributed by atoms with van der Waals surface area (Å²) in [5.74, 6) is 0.895. The van der Waals surface area contributed by atoms with Gasteiger partial charge in [0.25, 0.3) is 0 Å². The van der Waals surface area contributed by atoms with Gasteiger partial charge in [-0.2, -0.15) is 0 Å². The number of sulfone groups is 1. The highest BCUT2D eigenvalue weighted by atomic mass is 32.2. The van der Waals surface area contributed by atoms with Crippen molar-refractivity contribution in [1.29, 1.82) is 0 Å². The van der Waals surface area contributed by atoms with Crippen LogP contribution in [0, 0.1) is 6.92 Å². The number of unbranched alkanes of at least 4 members (excludes halogenated alkanes) is 1. The summed E-state index contributed by atoms with van der Waals surface area (Å²) in [6, 6.07) is 0. The molecular formula is C11H21N3O2S. The van der Waals surface area contributed by atoms with Gasteiger partial charge in [-0.3, -0.25) is 0 Å². The molecule has 0 spiro atoms. The smallest absolute Gasteiger partial charge is 0.203 e. The molecular weight excluding hydrogens is 238 g/mol. The molecule has 1 aromatic rings. The van der Waals surface area contributed by atoms with Crippen LogP contribution in [-0.4, -0.2) is 36.5 Å². The topological polar surface area (TPSA) is 64.0 Å². The van der Waals surface area contributed by atoms with Crippen LogP contribution in [0.3, 0.4) is 0 Å². The molecule has 0 saturated carbocycles. The van der Waals surface area contributed by atoms with Crippen molar-refractivity contribution in [2.45, 2.75) is 33.2 Å². The summed E-state index contributed by atoms with van der Waals surface area (Å²) in [6.07, 6.45) is 5.44. The Kier molecular flexibility index (Phi) is 4.99. The highest BCUT2D eigenvalue weighted by Crippen LogP contribution is 2.09. The third-order valence-corrected chi connectivity index (χ3v) is 3.35. The molecule has 0 bridgehead atoms. The van der Waals surface area contributed by atoms with E-state index >= 15 is 0 Å². The molecule has 0 aliphatic rings. The molecule has 0 aliphatic heterocycles. The zero-order chi connectivity index (χ0) is 12.9. The van der Waals surface area contributed by atoms with Crippen LogP contribution in [0.4, 0.5) is 5.95 Å². The lowest BCUT2D eigenvalue weighted by Gasteiger charge is -2.08. The summed E-state index contributed by atoms with van der Waals surface area (Å²) in [7, 11) is -2.92. The first-order valence-electron chi connectivity index (χ1n) is 5.87. The Morgan fingerprint density at radius 3 is 2.76 bits per heavy atom. The standard InChI is InChI=1S/C11H21N3O2S/c1-4-5-7-14-9-10(2)13-11(14)12-6-8-17(3,15)16/h9H,4-8H2,1-3H3,(H,12,13). The molecule has 0 saturated heterocycles.